The Balaban J connectivity index is 2.02. The van der Waals surface area contributed by atoms with Gasteiger partial charge in [0.15, 0.2) is 0 Å². The molecule has 0 saturated carbocycles. The summed E-state index contributed by atoms with van der Waals surface area (Å²) < 4.78 is 7.32. The molecular weight excluding hydrogens is 254 g/mol. The molecule has 108 valence electrons. The fourth-order valence-electron chi connectivity index (χ4n) is 2.28. The summed E-state index contributed by atoms with van der Waals surface area (Å²) in [7, 11) is 1.89. The van der Waals surface area contributed by atoms with Crippen LogP contribution in [0.2, 0.25) is 0 Å². The Bertz CT molecular complexity index is 625. The van der Waals surface area contributed by atoms with E-state index in [1.54, 1.807) is 4.68 Å². The van der Waals surface area contributed by atoms with E-state index in [4.69, 9.17) is 4.42 Å². The lowest BCUT2D eigenvalue weighted by Crippen LogP contribution is -2.28. The largest absolute Gasteiger partial charge is 0.464 e. The number of amides is 1. The zero-order valence-corrected chi connectivity index (χ0v) is 12.7. The maximum atomic E-state index is 12.1. The third kappa shape index (κ3) is 2.92. The summed E-state index contributed by atoms with van der Waals surface area (Å²) in [6.45, 7) is 7.70. The summed E-state index contributed by atoms with van der Waals surface area (Å²) in [6, 6.07) is 3.65. The van der Waals surface area contributed by atoms with Crippen molar-refractivity contribution in [3.8, 4) is 0 Å². The van der Waals surface area contributed by atoms with Gasteiger partial charge in [-0.3, -0.25) is 9.48 Å². The molecule has 0 radical (unpaired) electrons. The number of hydrogen-bond acceptors (Lipinski definition) is 3. The Morgan fingerprint density at radius 3 is 2.60 bits per heavy atom. The van der Waals surface area contributed by atoms with Crippen LogP contribution in [-0.4, -0.2) is 15.7 Å². The van der Waals surface area contributed by atoms with E-state index < -0.39 is 0 Å². The summed E-state index contributed by atoms with van der Waals surface area (Å²) in [5, 5.41) is 7.27. The van der Waals surface area contributed by atoms with Gasteiger partial charge < -0.3 is 9.73 Å². The van der Waals surface area contributed by atoms with Crippen molar-refractivity contribution in [2.75, 3.05) is 0 Å². The zero-order chi connectivity index (χ0) is 14.9. The Kier molecular flexibility index (Phi) is 3.97. The first-order valence-corrected chi connectivity index (χ1v) is 6.73. The average molecular weight is 275 g/mol. The highest BCUT2D eigenvalue weighted by Crippen LogP contribution is 2.17. The number of nitrogens with one attached hydrogen (secondary N) is 1. The number of carbonyl (C=O) groups excluding carboxylic acids is 1. The number of aryl methyl sites for hydroxylation is 3. The second-order valence-electron chi connectivity index (χ2n) is 5.19. The lowest BCUT2D eigenvalue weighted by atomic mass is 10.1. The summed E-state index contributed by atoms with van der Waals surface area (Å²) >= 11 is 0. The SMILES string of the molecule is Cc1ccc(C(C)NC(=O)Cc2c(C)nn(C)c2C)o1. The molecule has 0 bridgehead atoms. The molecule has 1 amide bonds. The molecule has 0 spiro atoms. The molecule has 2 heterocycles. The lowest BCUT2D eigenvalue weighted by Gasteiger charge is -2.11. The van der Waals surface area contributed by atoms with Crippen LogP contribution >= 0.6 is 0 Å². The smallest absolute Gasteiger partial charge is 0.225 e. The standard InChI is InChI=1S/C15H21N3O2/c1-9-6-7-14(20-9)11(3)16-15(19)8-13-10(2)17-18(5)12(13)4/h6-7,11H,8H2,1-5H3,(H,16,19). The molecule has 0 aromatic carbocycles. The molecule has 5 nitrogen and oxygen atoms in total. The van der Waals surface area contributed by atoms with Gasteiger partial charge in [-0.05, 0) is 39.8 Å². The van der Waals surface area contributed by atoms with Gasteiger partial charge in [-0.2, -0.15) is 5.10 Å². The van der Waals surface area contributed by atoms with Gasteiger partial charge in [0.25, 0.3) is 0 Å². The van der Waals surface area contributed by atoms with Crippen LogP contribution in [0.3, 0.4) is 0 Å². The van der Waals surface area contributed by atoms with Crippen molar-refractivity contribution in [3.63, 3.8) is 0 Å². The Morgan fingerprint density at radius 1 is 1.40 bits per heavy atom. The summed E-state index contributed by atoms with van der Waals surface area (Å²) in [5.41, 5.74) is 2.92. The average Bonchev–Trinajstić information content (AvgIpc) is 2.89. The van der Waals surface area contributed by atoms with Gasteiger partial charge in [0, 0.05) is 18.3 Å². The molecule has 0 aliphatic rings. The lowest BCUT2D eigenvalue weighted by molar-refractivity contribution is -0.121. The second kappa shape index (κ2) is 5.53. The van der Waals surface area contributed by atoms with Gasteiger partial charge in [0.05, 0.1) is 18.2 Å². The second-order valence-corrected chi connectivity index (χ2v) is 5.19. The molecule has 5 heteroatoms. The number of furan rings is 1. The molecule has 1 unspecified atom stereocenters. The fraction of sp³-hybridized carbons (Fsp3) is 0.467. The van der Waals surface area contributed by atoms with Crippen LogP contribution in [0, 0.1) is 20.8 Å². The molecule has 20 heavy (non-hydrogen) atoms. The highest BCUT2D eigenvalue weighted by atomic mass is 16.3. The van der Waals surface area contributed by atoms with Crippen LogP contribution in [0.25, 0.3) is 0 Å². The molecule has 2 aromatic heterocycles. The van der Waals surface area contributed by atoms with Crippen molar-refractivity contribution >= 4 is 5.91 Å². The summed E-state index contributed by atoms with van der Waals surface area (Å²) in [4.78, 5) is 12.1. The quantitative estimate of drug-likeness (QED) is 0.931. The molecule has 0 aliphatic carbocycles. The van der Waals surface area contributed by atoms with Gasteiger partial charge in [-0.25, -0.2) is 0 Å². The first-order chi connectivity index (χ1) is 9.38. The van der Waals surface area contributed by atoms with E-state index >= 15 is 0 Å². The van der Waals surface area contributed by atoms with E-state index in [0.29, 0.717) is 6.42 Å². The number of rotatable bonds is 4. The van der Waals surface area contributed by atoms with Gasteiger partial charge >= 0.3 is 0 Å². The van der Waals surface area contributed by atoms with E-state index in [1.165, 1.54) is 0 Å². The predicted molar refractivity (Wildman–Crippen MR) is 76.4 cm³/mol. The minimum Gasteiger partial charge on any atom is -0.464 e. The Labute approximate surface area is 119 Å². The van der Waals surface area contributed by atoms with Crippen molar-refractivity contribution in [1.29, 1.82) is 0 Å². The molecule has 1 atom stereocenters. The highest BCUT2D eigenvalue weighted by Gasteiger charge is 2.16. The fourth-order valence-corrected chi connectivity index (χ4v) is 2.28. The third-order valence-electron chi connectivity index (χ3n) is 3.56. The topological polar surface area (TPSA) is 60.1 Å². The van der Waals surface area contributed by atoms with Crippen LogP contribution < -0.4 is 5.32 Å². The van der Waals surface area contributed by atoms with Gasteiger partial charge in [0.2, 0.25) is 5.91 Å². The van der Waals surface area contributed by atoms with E-state index in [1.807, 2.05) is 46.9 Å². The minimum absolute atomic E-state index is 0.0225. The van der Waals surface area contributed by atoms with Crippen LogP contribution in [0.15, 0.2) is 16.5 Å². The molecule has 0 saturated heterocycles. The number of hydrogen-bond donors (Lipinski definition) is 1. The molecular formula is C15H21N3O2. The minimum atomic E-state index is -0.131. The molecule has 1 N–H and O–H groups in total. The first kappa shape index (κ1) is 14.4. The van der Waals surface area contributed by atoms with Crippen molar-refractivity contribution in [2.45, 2.75) is 40.2 Å². The number of carbonyl (C=O) groups is 1. The van der Waals surface area contributed by atoms with Gasteiger partial charge in [0.1, 0.15) is 11.5 Å². The Morgan fingerprint density at radius 2 is 2.10 bits per heavy atom. The van der Waals surface area contributed by atoms with Crippen LogP contribution in [0.4, 0.5) is 0 Å². The van der Waals surface area contributed by atoms with Gasteiger partial charge in [-0.15, -0.1) is 0 Å². The normalized spacial score (nSPS) is 12.4. The number of nitrogens with zero attached hydrogens (tertiary/aromatic N) is 2. The maximum absolute atomic E-state index is 12.1. The first-order valence-electron chi connectivity index (χ1n) is 6.73. The zero-order valence-electron chi connectivity index (χ0n) is 12.7. The monoisotopic (exact) mass is 275 g/mol. The predicted octanol–water partition coefficient (Wildman–Crippen LogP) is 2.36. The maximum Gasteiger partial charge on any atom is 0.225 e. The van der Waals surface area contributed by atoms with E-state index in [2.05, 4.69) is 10.4 Å². The van der Waals surface area contributed by atoms with Crippen molar-refractivity contribution in [3.05, 3.63) is 40.6 Å². The van der Waals surface area contributed by atoms with E-state index in [0.717, 1.165) is 28.5 Å². The van der Waals surface area contributed by atoms with Crippen molar-refractivity contribution in [2.24, 2.45) is 7.05 Å². The molecule has 2 aromatic rings. The number of aromatic nitrogens is 2. The third-order valence-corrected chi connectivity index (χ3v) is 3.56. The highest BCUT2D eigenvalue weighted by molar-refractivity contribution is 5.79. The van der Waals surface area contributed by atoms with E-state index in [9.17, 15) is 4.79 Å². The van der Waals surface area contributed by atoms with E-state index in [-0.39, 0.29) is 11.9 Å². The van der Waals surface area contributed by atoms with Crippen LogP contribution in [-0.2, 0) is 18.3 Å². The summed E-state index contributed by atoms with van der Waals surface area (Å²) in [5.74, 6) is 1.60. The summed E-state index contributed by atoms with van der Waals surface area (Å²) in [6.07, 6.45) is 0.343. The van der Waals surface area contributed by atoms with Crippen LogP contribution in [0.1, 0.15) is 41.4 Å². The molecule has 2 rings (SSSR count). The van der Waals surface area contributed by atoms with Crippen molar-refractivity contribution in [1.82, 2.24) is 15.1 Å². The van der Waals surface area contributed by atoms with Crippen molar-refractivity contribution < 1.29 is 9.21 Å². The molecule has 0 aliphatic heterocycles. The van der Waals surface area contributed by atoms with Gasteiger partial charge in [-0.1, -0.05) is 0 Å². The Hall–Kier alpha value is -2.04. The van der Waals surface area contributed by atoms with Crippen LogP contribution in [0.5, 0.6) is 0 Å². The molecule has 0 fully saturated rings.